The normalized spacial score (nSPS) is 14.1. The SMILES string of the molecule is C1=C\Nc2cc(-n3c4ccccc4c4ccccc43)ccc2N(c2cccc([Si](c3ccccc3)(c3ccccc3)c3ccccc3)c2)N/C=C/1. The smallest absolute Gasteiger partial charge is 0.179 e. The van der Waals surface area contributed by atoms with Crippen molar-refractivity contribution in [3.8, 4) is 5.69 Å². The van der Waals surface area contributed by atoms with Crippen LogP contribution in [0.3, 0.4) is 0 Å². The highest BCUT2D eigenvalue weighted by Gasteiger charge is 2.41. The van der Waals surface area contributed by atoms with E-state index in [-0.39, 0.29) is 0 Å². The van der Waals surface area contributed by atoms with E-state index in [1.807, 2.05) is 24.6 Å². The van der Waals surface area contributed by atoms with Crippen LogP contribution in [0.2, 0.25) is 0 Å². The zero-order chi connectivity index (χ0) is 34.0. The number of aromatic nitrogens is 1. The molecule has 244 valence electrons. The fourth-order valence-electron chi connectivity index (χ4n) is 7.77. The maximum absolute atomic E-state index is 3.62. The fourth-order valence-corrected chi connectivity index (χ4v) is 12.6. The average Bonchev–Trinajstić information content (AvgIpc) is 3.58. The monoisotopic (exact) mass is 672 g/mol. The summed E-state index contributed by atoms with van der Waals surface area (Å²) in [5.74, 6) is 0. The summed E-state index contributed by atoms with van der Waals surface area (Å²) >= 11 is 0. The Kier molecular flexibility index (Phi) is 7.80. The Morgan fingerprint density at radius 3 is 1.55 bits per heavy atom. The first-order chi connectivity index (χ1) is 25.3. The second-order valence-electron chi connectivity index (χ2n) is 12.8. The molecule has 1 aliphatic heterocycles. The maximum atomic E-state index is 3.62. The molecule has 2 heterocycles. The molecule has 0 saturated heterocycles. The number of nitrogens with one attached hydrogen (secondary N) is 2. The Labute approximate surface area is 299 Å². The number of allylic oxidation sites excluding steroid dienone is 2. The third-order valence-corrected chi connectivity index (χ3v) is 14.7. The van der Waals surface area contributed by atoms with E-state index in [0.29, 0.717) is 0 Å². The minimum atomic E-state index is -2.72. The zero-order valence-corrected chi connectivity index (χ0v) is 29.0. The number of para-hydroxylation sites is 2. The number of hydrogen-bond donors (Lipinski definition) is 2. The summed E-state index contributed by atoms with van der Waals surface area (Å²) in [6.45, 7) is 0. The lowest BCUT2D eigenvalue weighted by atomic mass is 10.2. The molecule has 0 amide bonds. The molecule has 0 unspecified atom stereocenters. The predicted octanol–water partition coefficient (Wildman–Crippen LogP) is 8.26. The van der Waals surface area contributed by atoms with Gasteiger partial charge in [0.25, 0.3) is 0 Å². The molecule has 7 aromatic carbocycles. The maximum Gasteiger partial charge on any atom is 0.179 e. The Balaban J connectivity index is 1.23. The first-order valence-corrected chi connectivity index (χ1v) is 19.4. The van der Waals surface area contributed by atoms with Gasteiger partial charge in [-0.25, -0.2) is 0 Å². The van der Waals surface area contributed by atoms with Crippen LogP contribution in [0.15, 0.2) is 207 Å². The molecule has 0 bridgehead atoms. The predicted molar refractivity (Wildman–Crippen MR) is 218 cm³/mol. The Morgan fingerprint density at radius 1 is 0.412 bits per heavy atom. The Hall–Kier alpha value is -6.56. The molecule has 2 N–H and O–H groups in total. The minimum absolute atomic E-state index is 0.991. The topological polar surface area (TPSA) is 32.2 Å². The van der Waals surface area contributed by atoms with E-state index >= 15 is 0 Å². The van der Waals surface area contributed by atoms with Crippen molar-refractivity contribution >= 4 is 67.7 Å². The molecule has 0 fully saturated rings. The van der Waals surface area contributed by atoms with Crippen LogP contribution in [-0.2, 0) is 0 Å². The lowest BCUT2D eigenvalue weighted by Crippen LogP contribution is -2.74. The van der Waals surface area contributed by atoms with Crippen molar-refractivity contribution in [2.24, 2.45) is 0 Å². The number of hydrogen-bond acceptors (Lipinski definition) is 3. The molecule has 0 atom stereocenters. The van der Waals surface area contributed by atoms with Gasteiger partial charge in [-0.2, -0.15) is 0 Å². The molecule has 1 aliphatic rings. The summed E-state index contributed by atoms with van der Waals surface area (Å²) in [5, 5.41) is 13.6. The van der Waals surface area contributed by atoms with Crippen molar-refractivity contribution < 1.29 is 0 Å². The molecular weight excluding hydrogens is 637 g/mol. The largest absolute Gasteiger partial charge is 0.360 e. The van der Waals surface area contributed by atoms with Crippen molar-refractivity contribution in [1.29, 1.82) is 0 Å². The molecule has 9 rings (SSSR count). The number of anilines is 3. The summed E-state index contributed by atoms with van der Waals surface area (Å²) in [6, 6.07) is 66.3. The van der Waals surface area contributed by atoms with Crippen LogP contribution in [0.1, 0.15) is 0 Å². The molecular formula is C46H36N4Si. The summed E-state index contributed by atoms with van der Waals surface area (Å²) in [7, 11) is -2.72. The number of hydrazine groups is 1. The summed E-state index contributed by atoms with van der Waals surface area (Å²) in [6.07, 6.45) is 8.00. The summed E-state index contributed by atoms with van der Waals surface area (Å²) in [5.41, 5.74) is 10.1. The van der Waals surface area contributed by atoms with E-state index in [0.717, 1.165) is 22.7 Å². The van der Waals surface area contributed by atoms with Gasteiger partial charge in [0.1, 0.15) is 0 Å². The van der Waals surface area contributed by atoms with Crippen molar-refractivity contribution in [1.82, 2.24) is 9.99 Å². The number of benzene rings is 7. The number of fused-ring (bicyclic) bond motifs is 4. The van der Waals surface area contributed by atoms with E-state index in [2.05, 4.69) is 202 Å². The molecule has 8 aromatic rings. The highest BCUT2D eigenvalue weighted by atomic mass is 28.3. The van der Waals surface area contributed by atoms with Gasteiger partial charge in [-0.3, -0.25) is 5.01 Å². The van der Waals surface area contributed by atoms with Gasteiger partial charge in [-0.05, 0) is 75.4 Å². The summed E-state index contributed by atoms with van der Waals surface area (Å²) in [4.78, 5) is 0. The molecule has 0 spiro atoms. The molecule has 0 radical (unpaired) electrons. The van der Waals surface area contributed by atoms with Crippen LogP contribution in [-0.4, -0.2) is 12.6 Å². The van der Waals surface area contributed by atoms with Gasteiger partial charge in [0.15, 0.2) is 8.07 Å². The highest BCUT2D eigenvalue weighted by molar-refractivity contribution is 7.19. The zero-order valence-electron chi connectivity index (χ0n) is 28.0. The lowest BCUT2D eigenvalue weighted by molar-refractivity contribution is 0.889. The van der Waals surface area contributed by atoms with E-state index in [4.69, 9.17) is 0 Å². The van der Waals surface area contributed by atoms with Crippen LogP contribution in [0.25, 0.3) is 27.5 Å². The summed E-state index contributed by atoms with van der Waals surface area (Å²) < 4.78 is 2.36. The van der Waals surface area contributed by atoms with Gasteiger partial charge >= 0.3 is 0 Å². The van der Waals surface area contributed by atoms with Crippen molar-refractivity contribution in [2.45, 2.75) is 0 Å². The molecule has 0 aliphatic carbocycles. The van der Waals surface area contributed by atoms with Crippen LogP contribution >= 0.6 is 0 Å². The quantitative estimate of drug-likeness (QED) is 0.138. The van der Waals surface area contributed by atoms with Crippen LogP contribution in [0.5, 0.6) is 0 Å². The number of nitrogens with zero attached hydrogens (tertiary/aromatic N) is 2. The standard InChI is InChI=1S/C46H36N4Si/c1-4-18-37(19-5-1)51(38-20-6-2-7-21-38,39-22-8-3-9-23-39)40-24-16-17-36(33-40)50-46-30-29-35(34-43(46)47-31-14-15-32-48-50)49-44-27-12-10-25-41(44)42-26-11-13-28-45(42)49/h1-34,47-48H/b31-14-,32-15+. The van der Waals surface area contributed by atoms with E-state index in [9.17, 15) is 0 Å². The van der Waals surface area contributed by atoms with Gasteiger partial charge in [0.2, 0.25) is 0 Å². The second-order valence-corrected chi connectivity index (χ2v) is 16.6. The average molecular weight is 673 g/mol. The molecule has 4 nitrogen and oxygen atoms in total. The van der Waals surface area contributed by atoms with Crippen molar-refractivity contribution in [3.63, 3.8) is 0 Å². The van der Waals surface area contributed by atoms with Crippen LogP contribution < -0.4 is 36.5 Å². The molecule has 51 heavy (non-hydrogen) atoms. The lowest BCUT2D eigenvalue weighted by Gasteiger charge is -2.35. The van der Waals surface area contributed by atoms with Crippen LogP contribution in [0, 0.1) is 0 Å². The van der Waals surface area contributed by atoms with E-state index < -0.39 is 8.07 Å². The first kappa shape index (κ1) is 30.5. The van der Waals surface area contributed by atoms with Gasteiger partial charge in [0.05, 0.1) is 28.1 Å². The Bertz CT molecular complexity index is 2390. The minimum Gasteiger partial charge on any atom is -0.360 e. The molecule has 0 saturated carbocycles. The highest BCUT2D eigenvalue weighted by Crippen LogP contribution is 2.37. The van der Waals surface area contributed by atoms with Gasteiger partial charge < -0.3 is 15.3 Å². The molecule has 5 heteroatoms. The fraction of sp³-hybridized carbons (Fsp3) is 0. The second kappa shape index (κ2) is 13.0. The Morgan fingerprint density at radius 2 is 0.941 bits per heavy atom. The van der Waals surface area contributed by atoms with E-state index in [1.165, 1.54) is 42.6 Å². The van der Waals surface area contributed by atoms with Crippen molar-refractivity contribution in [2.75, 3.05) is 10.3 Å². The van der Waals surface area contributed by atoms with E-state index in [1.54, 1.807) is 0 Å². The third kappa shape index (κ3) is 5.23. The van der Waals surface area contributed by atoms with Gasteiger partial charge in [0, 0.05) is 28.9 Å². The number of rotatable bonds is 6. The van der Waals surface area contributed by atoms with Gasteiger partial charge in [-0.1, -0.05) is 140 Å². The first-order valence-electron chi connectivity index (χ1n) is 17.4. The molecule has 1 aromatic heterocycles. The van der Waals surface area contributed by atoms with Crippen molar-refractivity contribution in [3.05, 3.63) is 207 Å². The third-order valence-electron chi connectivity index (χ3n) is 9.96. The van der Waals surface area contributed by atoms with Crippen LogP contribution in [0.4, 0.5) is 17.1 Å². The van der Waals surface area contributed by atoms with Gasteiger partial charge in [-0.15, -0.1) is 0 Å².